The van der Waals surface area contributed by atoms with Gasteiger partial charge in [0.15, 0.2) is 0 Å². The molecule has 2 fully saturated rings. The maximum absolute atomic E-state index is 12.4. The average molecular weight is 314 g/mol. The van der Waals surface area contributed by atoms with Gasteiger partial charge in [-0.3, -0.25) is 9.59 Å². The molecule has 4 heteroatoms. The van der Waals surface area contributed by atoms with Gasteiger partial charge in [0.1, 0.15) is 0 Å². The maximum Gasteiger partial charge on any atom is 0.227 e. The molecule has 0 aromatic heterocycles. The minimum absolute atomic E-state index is 0.0332. The molecule has 3 rings (SSSR count). The van der Waals surface area contributed by atoms with Crippen LogP contribution in [0, 0.1) is 11.8 Å². The van der Waals surface area contributed by atoms with Gasteiger partial charge in [-0.2, -0.15) is 0 Å². The SMILES string of the molecule is CCc1ccc(NC(=O)C2CCC(C(=O)NC3CC3)CC2)cc1. The number of aryl methyl sites for hydroxylation is 1. The van der Waals surface area contributed by atoms with Crippen molar-refractivity contribution in [3.63, 3.8) is 0 Å². The number of amides is 2. The molecule has 2 N–H and O–H groups in total. The van der Waals surface area contributed by atoms with Gasteiger partial charge >= 0.3 is 0 Å². The third-order valence-electron chi connectivity index (χ3n) is 5.02. The van der Waals surface area contributed by atoms with Crippen LogP contribution < -0.4 is 10.6 Å². The van der Waals surface area contributed by atoms with E-state index in [9.17, 15) is 9.59 Å². The maximum atomic E-state index is 12.4. The normalized spacial score (nSPS) is 24.0. The molecule has 4 nitrogen and oxygen atoms in total. The molecule has 2 saturated carbocycles. The fourth-order valence-electron chi connectivity index (χ4n) is 3.23. The van der Waals surface area contributed by atoms with Crippen LogP contribution in [0.15, 0.2) is 24.3 Å². The van der Waals surface area contributed by atoms with Gasteiger partial charge in [-0.1, -0.05) is 19.1 Å². The highest BCUT2D eigenvalue weighted by atomic mass is 16.2. The third kappa shape index (κ3) is 4.34. The van der Waals surface area contributed by atoms with Crippen molar-refractivity contribution in [1.82, 2.24) is 5.32 Å². The van der Waals surface area contributed by atoms with Crippen molar-refractivity contribution in [2.45, 2.75) is 57.9 Å². The predicted molar refractivity (Wildman–Crippen MR) is 91.1 cm³/mol. The first kappa shape index (κ1) is 16.0. The summed E-state index contributed by atoms with van der Waals surface area (Å²) in [5.41, 5.74) is 2.13. The van der Waals surface area contributed by atoms with E-state index in [0.717, 1.165) is 50.6 Å². The minimum atomic E-state index is 0.0332. The Morgan fingerprint density at radius 3 is 2.00 bits per heavy atom. The summed E-state index contributed by atoms with van der Waals surface area (Å²) in [7, 11) is 0. The number of rotatable bonds is 5. The second-order valence-corrected chi connectivity index (χ2v) is 6.87. The van der Waals surface area contributed by atoms with Gasteiger partial charge in [0, 0.05) is 23.6 Å². The van der Waals surface area contributed by atoms with Crippen LogP contribution in [0.3, 0.4) is 0 Å². The summed E-state index contributed by atoms with van der Waals surface area (Å²) in [5.74, 6) is 0.422. The number of anilines is 1. The van der Waals surface area contributed by atoms with Gasteiger partial charge in [0.25, 0.3) is 0 Å². The Morgan fingerprint density at radius 2 is 1.48 bits per heavy atom. The second kappa shape index (κ2) is 7.16. The molecule has 124 valence electrons. The first-order valence-electron chi connectivity index (χ1n) is 8.86. The van der Waals surface area contributed by atoms with E-state index in [0.29, 0.717) is 6.04 Å². The summed E-state index contributed by atoms with van der Waals surface area (Å²) in [6.07, 6.45) is 6.52. The number of hydrogen-bond acceptors (Lipinski definition) is 2. The highest BCUT2D eigenvalue weighted by Crippen LogP contribution is 2.31. The van der Waals surface area contributed by atoms with E-state index in [-0.39, 0.29) is 23.7 Å². The molecule has 0 spiro atoms. The monoisotopic (exact) mass is 314 g/mol. The van der Waals surface area contributed by atoms with Crippen LogP contribution in [0.1, 0.15) is 51.0 Å². The predicted octanol–water partition coefficient (Wildman–Crippen LogP) is 3.27. The number of carbonyl (C=O) groups excluding carboxylic acids is 2. The Kier molecular flexibility index (Phi) is 4.99. The van der Waals surface area contributed by atoms with Crippen molar-refractivity contribution < 1.29 is 9.59 Å². The molecule has 0 bridgehead atoms. The van der Waals surface area contributed by atoms with Crippen molar-refractivity contribution in [2.24, 2.45) is 11.8 Å². The molecule has 0 heterocycles. The Bertz CT molecular complexity index is 555. The Morgan fingerprint density at radius 1 is 0.913 bits per heavy atom. The number of hydrogen-bond donors (Lipinski definition) is 2. The quantitative estimate of drug-likeness (QED) is 0.876. The molecule has 2 aliphatic rings. The number of nitrogens with one attached hydrogen (secondary N) is 2. The molecule has 23 heavy (non-hydrogen) atoms. The largest absolute Gasteiger partial charge is 0.353 e. The van der Waals surface area contributed by atoms with Crippen molar-refractivity contribution in [1.29, 1.82) is 0 Å². The third-order valence-corrected chi connectivity index (χ3v) is 5.02. The van der Waals surface area contributed by atoms with Crippen LogP contribution in [0.2, 0.25) is 0 Å². The highest BCUT2D eigenvalue weighted by molar-refractivity contribution is 5.92. The van der Waals surface area contributed by atoms with Gasteiger partial charge in [0.2, 0.25) is 11.8 Å². The fraction of sp³-hybridized carbons (Fsp3) is 0.579. The first-order chi connectivity index (χ1) is 11.2. The molecular formula is C19H26N2O2. The second-order valence-electron chi connectivity index (χ2n) is 6.87. The van der Waals surface area contributed by atoms with Crippen LogP contribution in [-0.4, -0.2) is 17.9 Å². The smallest absolute Gasteiger partial charge is 0.227 e. The topological polar surface area (TPSA) is 58.2 Å². The molecule has 0 saturated heterocycles. The zero-order chi connectivity index (χ0) is 16.2. The lowest BCUT2D eigenvalue weighted by Crippen LogP contribution is -2.36. The lowest BCUT2D eigenvalue weighted by Gasteiger charge is -2.27. The van der Waals surface area contributed by atoms with E-state index in [4.69, 9.17) is 0 Å². The van der Waals surface area contributed by atoms with E-state index in [1.54, 1.807) is 0 Å². The Hall–Kier alpha value is -1.84. The molecule has 2 aliphatic carbocycles. The van der Waals surface area contributed by atoms with Gasteiger partial charge in [-0.25, -0.2) is 0 Å². The van der Waals surface area contributed by atoms with E-state index in [2.05, 4.69) is 29.7 Å². The fourth-order valence-corrected chi connectivity index (χ4v) is 3.23. The van der Waals surface area contributed by atoms with Gasteiger partial charge in [0.05, 0.1) is 0 Å². The molecule has 0 radical (unpaired) electrons. The molecule has 1 aromatic rings. The Labute approximate surface area is 138 Å². The lowest BCUT2D eigenvalue weighted by molar-refractivity contribution is -0.128. The van der Waals surface area contributed by atoms with Crippen LogP contribution in [0.5, 0.6) is 0 Å². The molecule has 0 aliphatic heterocycles. The van der Waals surface area contributed by atoms with Crippen LogP contribution in [0.4, 0.5) is 5.69 Å². The zero-order valence-corrected chi connectivity index (χ0v) is 13.8. The first-order valence-corrected chi connectivity index (χ1v) is 8.86. The van der Waals surface area contributed by atoms with Crippen LogP contribution in [0.25, 0.3) is 0 Å². The standard InChI is InChI=1S/C19H26N2O2/c1-2-13-3-9-16(10-4-13)20-18(22)14-5-7-15(8-6-14)19(23)21-17-11-12-17/h3-4,9-10,14-15,17H,2,5-8,11-12H2,1H3,(H,20,22)(H,21,23). The zero-order valence-electron chi connectivity index (χ0n) is 13.8. The highest BCUT2D eigenvalue weighted by Gasteiger charge is 2.32. The van der Waals surface area contributed by atoms with E-state index in [1.165, 1.54) is 5.56 Å². The molecule has 0 atom stereocenters. The Balaban J connectivity index is 1.46. The van der Waals surface area contributed by atoms with Crippen molar-refractivity contribution in [3.05, 3.63) is 29.8 Å². The molecule has 2 amide bonds. The lowest BCUT2D eigenvalue weighted by atomic mass is 9.81. The van der Waals surface area contributed by atoms with Crippen LogP contribution in [-0.2, 0) is 16.0 Å². The van der Waals surface area contributed by atoms with E-state index in [1.807, 2.05) is 12.1 Å². The summed E-state index contributed by atoms with van der Waals surface area (Å²) >= 11 is 0. The summed E-state index contributed by atoms with van der Waals surface area (Å²) in [6, 6.07) is 8.45. The van der Waals surface area contributed by atoms with Crippen molar-refractivity contribution >= 4 is 17.5 Å². The average Bonchev–Trinajstić information content (AvgIpc) is 3.39. The summed E-state index contributed by atoms with van der Waals surface area (Å²) in [4.78, 5) is 24.4. The number of benzene rings is 1. The van der Waals surface area contributed by atoms with Gasteiger partial charge < -0.3 is 10.6 Å². The summed E-state index contributed by atoms with van der Waals surface area (Å²) in [6.45, 7) is 2.12. The molecular weight excluding hydrogens is 288 g/mol. The van der Waals surface area contributed by atoms with Crippen molar-refractivity contribution in [3.8, 4) is 0 Å². The van der Waals surface area contributed by atoms with E-state index < -0.39 is 0 Å². The van der Waals surface area contributed by atoms with Crippen molar-refractivity contribution in [2.75, 3.05) is 5.32 Å². The van der Waals surface area contributed by atoms with Crippen LogP contribution >= 0.6 is 0 Å². The van der Waals surface area contributed by atoms with E-state index >= 15 is 0 Å². The number of carbonyl (C=O) groups is 2. The minimum Gasteiger partial charge on any atom is -0.353 e. The summed E-state index contributed by atoms with van der Waals surface area (Å²) in [5, 5.41) is 6.09. The van der Waals surface area contributed by atoms with Gasteiger partial charge in [-0.05, 0) is 62.6 Å². The van der Waals surface area contributed by atoms with Gasteiger partial charge in [-0.15, -0.1) is 0 Å². The molecule has 0 unspecified atom stereocenters. The molecule has 1 aromatic carbocycles. The summed E-state index contributed by atoms with van der Waals surface area (Å²) < 4.78 is 0.